The van der Waals surface area contributed by atoms with Crippen molar-refractivity contribution < 1.29 is 4.92 Å². The smallest absolute Gasteiger partial charge is 0.270 e. The van der Waals surface area contributed by atoms with Crippen LogP contribution in [-0.4, -0.2) is 28.0 Å². The Hall–Kier alpha value is -2.50. The molecule has 0 aliphatic carbocycles. The molecule has 23 heavy (non-hydrogen) atoms. The first-order valence-corrected chi connectivity index (χ1v) is 7.88. The zero-order chi connectivity index (χ0) is 16.4. The molecule has 2 aromatic rings. The molecule has 1 aromatic carbocycles. The minimum absolute atomic E-state index is 0.0563. The second kappa shape index (κ2) is 6.32. The van der Waals surface area contributed by atoms with Gasteiger partial charge in [-0.3, -0.25) is 10.1 Å². The van der Waals surface area contributed by atoms with Crippen molar-refractivity contribution in [3.63, 3.8) is 0 Å². The highest BCUT2D eigenvalue weighted by molar-refractivity contribution is 5.61. The summed E-state index contributed by atoms with van der Waals surface area (Å²) in [5.74, 6) is 2.10. The lowest BCUT2D eigenvalue weighted by Gasteiger charge is -2.32. The van der Waals surface area contributed by atoms with Crippen molar-refractivity contribution in [3.05, 3.63) is 46.1 Å². The number of rotatable bonds is 3. The Balaban J connectivity index is 1.97. The number of benzene rings is 1. The number of anilines is 1. The number of aromatic nitrogens is 2. The molecular formula is C17H20N4O2. The van der Waals surface area contributed by atoms with E-state index in [0.717, 1.165) is 31.0 Å². The summed E-state index contributed by atoms with van der Waals surface area (Å²) in [6.45, 7) is 6.17. The molecule has 0 bridgehead atoms. The van der Waals surface area contributed by atoms with Crippen LogP contribution in [0.25, 0.3) is 11.4 Å². The van der Waals surface area contributed by atoms with Crippen LogP contribution in [0.3, 0.4) is 0 Å². The molecule has 3 rings (SSSR count). The summed E-state index contributed by atoms with van der Waals surface area (Å²) in [5, 5.41) is 11.0. The molecule has 120 valence electrons. The van der Waals surface area contributed by atoms with Crippen molar-refractivity contribution in [2.24, 2.45) is 5.92 Å². The number of non-ortho nitro benzene ring substituents is 1. The Labute approximate surface area is 135 Å². The second-order valence-electron chi connectivity index (χ2n) is 6.19. The predicted molar refractivity (Wildman–Crippen MR) is 89.5 cm³/mol. The summed E-state index contributed by atoms with van der Waals surface area (Å²) in [6, 6.07) is 8.47. The fraction of sp³-hybridized carbons (Fsp3) is 0.412. The van der Waals surface area contributed by atoms with Crippen LogP contribution in [0.4, 0.5) is 11.5 Å². The van der Waals surface area contributed by atoms with Crippen molar-refractivity contribution in [3.8, 4) is 11.4 Å². The van der Waals surface area contributed by atoms with Gasteiger partial charge in [-0.25, -0.2) is 9.97 Å². The minimum Gasteiger partial charge on any atom is -0.356 e. The monoisotopic (exact) mass is 312 g/mol. The van der Waals surface area contributed by atoms with Gasteiger partial charge in [0.25, 0.3) is 5.69 Å². The summed E-state index contributed by atoms with van der Waals surface area (Å²) in [4.78, 5) is 22.0. The third-order valence-corrected chi connectivity index (χ3v) is 4.14. The maximum atomic E-state index is 11.0. The van der Waals surface area contributed by atoms with E-state index in [2.05, 4.69) is 21.8 Å². The van der Waals surface area contributed by atoms with Gasteiger partial charge < -0.3 is 4.90 Å². The second-order valence-corrected chi connectivity index (χ2v) is 6.19. The Bertz CT molecular complexity index is 732. The lowest BCUT2D eigenvalue weighted by atomic mass is 10.0. The molecule has 1 aromatic heterocycles. The third-order valence-electron chi connectivity index (χ3n) is 4.14. The molecule has 2 heterocycles. The summed E-state index contributed by atoms with van der Waals surface area (Å²) in [5.41, 5.74) is 1.60. The number of hydrogen-bond acceptors (Lipinski definition) is 5. The highest BCUT2D eigenvalue weighted by Gasteiger charge is 2.19. The van der Waals surface area contributed by atoms with Crippen molar-refractivity contribution in [2.45, 2.75) is 26.7 Å². The zero-order valence-electron chi connectivity index (χ0n) is 13.4. The van der Waals surface area contributed by atoms with Crippen LogP contribution in [0.2, 0.25) is 0 Å². The summed E-state index contributed by atoms with van der Waals surface area (Å²) in [7, 11) is 0. The molecule has 1 atom stereocenters. The molecule has 1 aliphatic heterocycles. The number of nitro groups is 1. The van der Waals surface area contributed by atoms with Gasteiger partial charge in [0.05, 0.1) is 4.92 Å². The Morgan fingerprint density at radius 3 is 2.87 bits per heavy atom. The van der Waals surface area contributed by atoms with Gasteiger partial charge >= 0.3 is 0 Å². The largest absolute Gasteiger partial charge is 0.356 e. The van der Waals surface area contributed by atoms with E-state index in [1.54, 1.807) is 6.07 Å². The van der Waals surface area contributed by atoms with Gasteiger partial charge in [0.2, 0.25) is 0 Å². The Morgan fingerprint density at radius 1 is 1.30 bits per heavy atom. The number of aryl methyl sites for hydroxylation is 1. The Morgan fingerprint density at radius 2 is 2.13 bits per heavy atom. The summed E-state index contributed by atoms with van der Waals surface area (Å²) >= 11 is 0. The van der Waals surface area contributed by atoms with Crippen molar-refractivity contribution >= 4 is 11.5 Å². The molecule has 0 saturated carbocycles. The van der Waals surface area contributed by atoms with E-state index in [1.807, 2.05) is 19.1 Å². The molecule has 6 heteroatoms. The maximum absolute atomic E-state index is 11.0. The van der Waals surface area contributed by atoms with E-state index in [9.17, 15) is 10.1 Å². The highest BCUT2D eigenvalue weighted by atomic mass is 16.6. The summed E-state index contributed by atoms with van der Waals surface area (Å²) in [6.07, 6.45) is 2.41. The number of hydrogen-bond donors (Lipinski definition) is 0. The predicted octanol–water partition coefficient (Wildman–Crippen LogP) is 3.60. The molecule has 1 saturated heterocycles. The molecule has 0 spiro atoms. The molecule has 1 fully saturated rings. The van der Waals surface area contributed by atoms with E-state index in [4.69, 9.17) is 0 Å². The number of piperidine rings is 1. The normalized spacial score (nSPS) is 18.0. The molecule has 0 unspecified atom stereocenters. The minimum atomic E-state index is -0.396. The topological polar surface area (TPSA) is 72.2 Å². The first-order chi connectivity index (χ1) is 11.0. The van der Waals surface area contributed by atoms with Gasteiger partial charge in [0, 0.05) is 42.5 Å². The van der Waals surface area contributed by atoms with Gasteiger partial charge in [0.1, 0.15) is 5.82 Å². The fourth-order valence-electron chi connectivity index (χ4n) is 3.00. The highest BCUT2D eigenvalue weighted by Crippen LogP contribution is 2.26. The van der Waals surface area contributed by atoms with E-state index < -0.39 is 4.92 Å². The van der Waals surface area contributed by atoms with Crippen molar-refractivity contribution in [1.82, 2.24) is 9.97 Å². The Kier molecular flexibility index (Phi) is 4.23. The van der Waals surface area contributed by atoms with E-state index in [1.165, 1.54) is 18.6 Å². The van der Waals surface area contributed by atoms with Crippen molar-refractivity contribution in [1.29, 1.82) is 0 Å². The van der Waals surface area contributed by atoms with Crippen LogP contribution in [0.1, 0.15) is 25.5 Å². The van der Waals surface area contributed by atoms with Gasteiger partial charge in [0.15, 0.2) is 5.82 Å². The summed E-state index contributed by atoms with van der Waals surface area (Å²) < 4.78 is 0. The fourth-order valence-corrected chi connectivity index (χ4v) is 3.00. The molecule has 6 nitrogen and oxygen atoms in total. The quantitative estimate of drug-likeness (QED) is 0.639. The molecule has 0 radical (unpaired) electrons. The van der Waals surface area contributed by atoms with E-state index >= 15 is 0 Å². The van der Waals surface area contributed by atoms with E-state index in [0.29, 0.717) is 17.3 Å². The van der Waals surface area contributed by atoms with Crippen molar-refractivity contribution in [2.75, 3.05) is 18.0 Å². The van der Waals surface area contributed by atoms with Gasteiger partial charge in [-0.1, -0.05) is 19.1 Å². The molecular weight excluding hydrogens is 292 g/mol. The average molecular weight is 312 g/mol. The standard InChI is InChI=1S/C17H20N4O2/c1-12-5-4-8-20(11-12)16-9-13(2)18-17(19-16)14-6-3-7-15(10-14)21(22)23/h3,6-7,9-10,12H,4-5,8,11H2,1-2H3/t12-/m0/s1. The van der Waals surface area contributed by atoms with Crippen LogP contribution in [0, 0.1) is 23.0 Å². The molecule has 1 aliphatic rings. The number of nitro benzene ring substituents is 1. The number of nitrogens with zero attached hydrogens (tertiary/aromatic N) is 4. The van der Waals surface area contributed by atoms with Crippen LogP contribution >= 0.6 is 0 Å². The average Bonchev–Trinajstić information content (AvgIpc) is 2.54. The molecule has 0 amide bonds. The zero-order valence-corrected chi connectivity index (χ0v) is 13.4. The van der Waals surface area contributed by atoms with Crippen LogP contribution in [-0.2, 0) is 0 Å². The first-order valence-electron chi connectivity index (χ1n) is 7.88. The maximum Gasteiger partial charge on any atom is 0.270 e. The van der Waals surface area contributed by atoms with Gasteiger partial charge in [-0.15, -0.1) is 0 Å². The van der Waals surface area contributed by atoms with Crippen LogP contribution < -0.4 is 4.90 Å². The van der Waals surface area contributed by atoms with Gasteiger partial charge in [-0.05, 0) is 25.7 Å². The van der Waals surface area contributed by atoms with Crippen LogP contribution in [0.15, 0.2) is 30.3 Å². The SMILES string of the molecule is Cc1cc(N2CCC[C@H](C)C2)nc(-c2cccc([N+](=O)[O-])c2)n1. The lowest BCUT2D eigenvalue weighted by Crippen LogP contribution is -2.35. The van der Waals surface area contributed by atoms with Gasteiger partial charge in [-0.2, -0.15) is 0 Å². The molecule has 0 N–H and O–H groups in total. The first kappa shape index (κ1) is 15.4. The third kappa shape index (κ3) is 3.47. The lowest BCUT2D eigenvalue weighted by molar-refractivity contribution is -0.384. The van der Waals surface area contributed by atoms with Crippen LogP contribution in [0.5, 0.6) is 0 Å². The van der Waals surface area contributed by atoms with E-state index in [-0.39, 0.29) is 5.69 Å².